The largest absolute Gasteiger partial charge is 2.00 e. The van der Waals surface area contributed by atoms with Crippen molar-refractivity contribution in [3.05, 3.63) is 48.5 Å². The Morgan fingerprint density at radius 1 is 0.667 bits per heavy atom. The summed E-state index contributed by atoms with van der Waals surface area (Å²) in [6, 6.07) is 15.9. The second kappa shape index (κ2) is 7.73. The third-order valence-electron chi connectivity index (χ3n) is 2.55. The molecule has 4 rings (SSSR count). The van der Waals surface area contributed by atoms with Gasteiger partial charge in [0, 0.05) is 0 Å². The summed E-state index contributed by atoms with van der Waals surface area (Å²) >= 11 is 13.0. The molecule has 2 heterocycles. The molecule has 4 aromatic rings. The van der Waals surface area contributed by atoms with Crippen molar-refractivity contribution in [2.24, 2.45) is 0 Å². The van der Waals surface area contributed by atoms with Gasteiger partial charge >= 0.3 is 27.3 Å². The van der Waals surface area contributed by atoms with Gasteiger partial charge in [0.05, 0.1) is 11.0 Å². The molecule has 100 valence electrons. The van der Waals surface area contributed by atoms with Crippen molar-refractivity contribution in [1.82, 2.24) is 9.97 Å². The number of hydrogen-bond acceptors (Lipinski definition) is 6. The van der Waals surface area contributed by atoms with Crippen molar-refractivity contribution in [3.63, 3.8) is 0 Å². The fraction of sp³-hybridized carbons (Fsp3) is 0. The molecule has 0 aliphatic rings. The number of aromatic nitrogens is 2. The first-order valence-corrected chi connectivity index (χ1v) is 8.22. The standard InChI is InChI=1S/2C7H5NS2.Cd/c2*9-7-8-5-3-1-2-4-6(5)10-7;/h2*1-4H,(H,8,9);/q;;+2/p-2. The van der Waals surface area contributed by atoms with Gasteiger partial charge in [-0.3, -0.25) is 9.97 Å². The van der Waals surface area contributed by atoms with E-state index in [-0.39, 0.29) is 27.3 Å². The number of nitrogens with zero attached hydrogens (tertiary/aromatic N) is 2. The summed E-state index contributed by atoms with van der Waals surface area (Å²) in [7, 11) is 0. The molecule has 0 bridgehead atoms. The molecule has 7 heteroatoms. The Kier molecular flexibility index (Phi) is 6.23. The van der Waals surface area contributed by atoms with Gasteiger partial charge in [0.1, 0.15) is 0 Å². The van der Waals surface area contributed by atoms with Crippen LogP contribution in [0, 0.1) is 0 Å². The van der Waals surface area contributed by atoms with Crippen LogP contribution in [0.1, 0.15) is 0 Å². The van der Waals surface area contributed by atoms with E-state index in [1.165, 1.54) is 9.40 Å². The van der Waals surface area contributed by atoms with E-state index in [0.717, 1.165) is 19.7 Å². The summed E-state index contributed by atoms with van der Waals surface area (Å²) < 4.78 is 3.79. The Hall–Kier alpha value is -0.418. The smallest absolute Gasteiger partial charge is 0.408 e. The topological polar surface area (TPSA) is 25.8 Å². The summed E-state index contributed by atoms with van der Waals surface area (Å²) in [5, 5.41) is 0. The Morgan fingerprint density at radius 3 is 1.43 bits per heavy atom. The molecular weight excluding hydrogens is 437 g/mol. The molecule has 0 saturated carbocycles. The molecule has 0 saturated heterocycles. The number of benzene rings is 2. The Morgan fingerprint density at radius 2 is 1.05 bits per heavy atom. The average molecular weight is 445 g/mol. The number of fused-ring (bicyclic) bond motifs is 2. The van der Waals surface area contributed by atoms with Gasteiger partial charge in [-0.25, -0.2) is 0 Å². The van der Waals surface area contributed by atoms with Crippen molar-refractivity contribution in [2.45, 2.75) is 8.68 Å². The van der Waals surface area contributed by atoms with E-state index in [0.29, 0.717) is 0 Å². The molecular formula is C14H8CdN2S4. The Bertz CT molecular complexity index is 718. The van der Waals surface area contributed by atoms with E-state index in [1.54, 1.807) is 22.7 Å². The van der Waals surface area contributed by atoms with Gasteiger partial charge in [-0.1, -0.05) is 36.4 Å². The molecule has 0 fully saturated rings. The Balaban J connectivity index is 0.000000147. The SMILES string of the molecule is [Cd+2].[S-]c1nc2ccccc2s1.[S-]c1nc2ccccc2s1. The van der Waals surface area contributed by atoms with Crippen LogP contribution in [-0.2, 0) is 52.6 Å². The molecule has 0 unspecified atom stereocenters. The molecule has 21 heavy (non-hydrogen) atoms. The van der Waals surface area contributed by atoms with Gasteiger partial charge in [0.15, 0.2) is 0 Å². The molecule has 0 amide bonds. The van der Waals surface area contributed by atoms with Crippen LogP contribution < -0.4 is 0 Å². The molecule has 0 aliphatic carbocycles. The molecule has 0 radical (unpaired) electrons. The zero-order chi connectivity index (χ0) is 13.9. The molecule has 0 aliphatic heterocycles. The maximum Gasteiger partial charge on any atom is 2.00 e. The summed E-state index contributed by atoms with van der Waals surface area (Å²) in [4.78, 5) is 8.29. The van der Waals surface area contributed by atoms with Gasteiger partial charge in [0.2, 0.25) is 0 Å². The first kappa shape index (κ1) is 16.9. The second-order valence-corrected chi connectivity index (χ2v) is 7.25. The predicted octanol–water partition coefficient (Wildman–Crippen LogP) is 4.40. The summed E-state index contributed by atoms with van der Waals surface area (Å²) in [6.07, 6.45) is 0. The molecule has 2 aromatic carbocycles. The molecule has 2 aromatic heterocycles. The molecule has 0 N–H and O–H groups in total. The van der Waals surface area contributed by atoms with E-state index in [9.17, 15) is 0 Å². The molecule has 0 spiro atoms. The van der Waals surface area contributed by atoms with Crippen LogP contribution in [0.25, 0.3) is 20.4 Å². The second-order valence-electron chi connectivity index (χ2n) is 3.89. The first-order valence-electron chi connectivity index (χ1n) is 5.77. The number of thiazole rings is 2. The van der Waals surface area contributed by atoms with Crippen molar-refractivity contribution in [3.8, 4) is 0 Å². The maximum absolute atomic E-state index is 4.92. The third kappa shape index (κ3) is 4.29. The third-order valence-corrected chi connectivity index (χ3v) is 4.89. The minimum atomic E-state index is 0. The van der Waals surface area contributed by atoms with Gasteiger partial charge in [0.25, 0.3) is 0 Å². The predicted molar refractivity (Wildman–Crippen MR) is 90.5 cm³/mol. The molecule has 0 atom stereocenters. The van der Waals surface area contributed by atoms with E-state index >= 15 is 0 Å². The first-order chi connectivity index (χ1) is 9.72. The van der Waals surface area contributed by atoms with E-state index in [1.807, 2.05) is 48.5 Å². The van der Waals surface area contributed by atoms with Crippen molar-refractivity contribution < 1.29 is 27.3 Å². The van der Waals surface area contributed by atoms with E-state index < -0.39 is 0 Å². The summed E-state index contributed by atoms with van der Waals surface area (Å²) in [6.45, 7) is 0. The Labute approximate surface area is 161 Å². The molecule has 2 nitrogen and oxygen atoms in total. The summed E-state index contributed by atoms with van der Waals surface area (Å²) in [5.74, 6) is 0. The number of hydrogen-bond donors (Lipinski definition) is 0. The van der Waals surface area contributed by atoms with Gasteiger partial charge in [-0.2, -0.15) is 0 Å². The van der Waals surface area contributed by atoms with Gasteiger partial charge in [-0.05, 0) is 30.2 Å². The van der Waals surface area contributed by atoms with Crippen molar-refractivity contribution in [1.29, 1.82) is 0 Å². The zero-order valence-electron chi connectivity index (χ0n) is 10.9. The zero-order valence-corrected chi connectivity index (χ0v) is 18.2. The van der Waals surface area contributed by atoms with Crippen LogP contribution in [0.2, 0.25) is 0 Å². The van der Waals surface area contributed by atoms with Crippen LogP contribution >= 0.6 is 22.7 Å². The van der Waals surface area contributed by atoms with Gasteiger partial charge < -0.3 is 47.9 Å². The monoisotopic (exact) mass is 446 g/mol. The van der Waals surface area contributed by atoms with Crippen LogP contribution in [0.15, 0.2) is 57.2 Å². The van der Waals surface area contributed by atoms with Crippen LogP contribution in [0.3, 0.4) is 0 Å². The average Bonchev–Trinajstić information content (AvgIpc) is 2.99. The van der Waals surface area contributed by atoms with Crippen LogP contribution in [0.4, 0.5) is 0 Å². The number of para-hydroxylation sites is 2. The quantitative estimate of drug-likeness (QED) is 0.296. The minimum absolute atomic E-state index is 0. The van der Waals surface area contributed by atoms with Gasteiger partial charge in [-0.15, -0.1) is 0 Å². The maximum atomic E-state index is 4.92. The van der Waals surface area contributed by atoms with Crippen molar-refractivity contribution in [2.75, 3.05) is 0 Å². The minimum Gasteiger partial charge on any atom is -0.408 e. The summed E-state index contributed by atoms with van der Waals surface area (Å²) in [5.41, 5.74) is 2.02. The fourth-order valence-electron chi connectivity index (χ4n) is 1.70. The number of rotatable bonds is 0. The van der Waals surface area contributed by atoms with Crippen LogP contribution in [0.5, 0.6) is 0 Å². The van der Waals surface area contributed by atoms with E-state index in [2.05, 4.69) is 9.97 Å². The fourth-order valence-corrected chi connectivity index (χ4v) is 3.83. The van der Waals surface area contributed by atoms with Crippen LogP contribution in [-0.4, -0.2) is 9.97 Å². The normalized spacial score (nSPS) is 9.90. The van der Waals surface area contributed by atoms with Crippen molar-refractivity contribution >= 4 is 68.4 Å². The van der Waals surface area contributed by atoms with E-state index in [4.69, 9.17) is 25.3 Å².